The minimum atomic E-state index is -0.336. The number of benzene rings is 2. The Kier molecular flexibility index (Phi) is 4.08. The first-order chi connectivity index (χ1) is 10.0. The molecule has 0 radical (unpaired) electrons. The molecule has 0 aliphatic rings. The standard InChI is InChI=1S/C15H10Br2ClFN2/c1-8-3-2-4-12(15(8)17)21-13-5-9(16)10(19)6-11(13)20-14(21)7-18/h2-6H,7H2,1H3. The third-order valence-electron chi connectivity index (χ3n) is 3.30. The molecule has 0 N–H and O–H groups in total. The lowest BCUT2D eigenvalue weighted by atomic mass is 10.2. The summed E-state index contributed by atoms with van der Waals surface area (Å²) in [6.45, 7) is 2.02. The van der Waals surface area contributed by atoms with Gasteiger partial charge in [-0.15, -0.1) is 11.6 Å². The summed E-state index contributed by atoms with van der Waals surface area (Å²) >= 11 is 12.9. The molecular weight excluding hydrogens is 422 g/mol. The second kappa shape index (κ2) is 5.71. The highest BCUT2D eigenvalue weighted by Gasteiger charge is 2.16. The number of nitrogens with zero attached hydrogens (tertiary/aromatic N) is 2. The van der Waals surface area contributed by atoms with Crippen LogP contribution >= 0.6 is 43.5 Å². The van der Waals surface area contributed by atoms with Crippen molar-refractivity contribution >= 4 is 54.5 Å². The van der Waals surface area contributed by atoms with Gasteiger partial charge in [0.15, 0.2) is 0 Å². The van der Waals surface area contributed by atoms with Gasteiger partial charge < -0.3 is 0 Å². The Morgan fingerprint density at radius 1 is 1.29 bits per heavy atom. The fourth-order valence-electron chi connectivity index (χ4n) is 2.29. The van der Waals surface area contributed by atoms with Gasteiger partial charge in [-0.25, -0.2) is 9.37 Å². The van der Waals surface area contributed by atoms with E-state index in [-0.39, 0.29) is 11.7 Å². The maximum absolute atomic E-state index is 13.7. The average molecular weight is 433 g/mol. The Bertz CT molecular complexity index is 845. The summed E-state index contributed by atoms with van der Waals surface area (Å²) in [7, 11) is 0. The van der Waals surface area contributed by atoms with Crippen molar-refractivity contribution in [2.75, 3.05) is 0 Å². The normalized spacial score (nSPS) is 11.3. The van der Waals surface area contributed by atoms with E-state index < -0.39 is 0 Å². The molecule has 0 spiro atoms. The quantitative estimate of drug-likeness (QED) is 0.473. The monoisotopic (exact) mass is 430 g/mol. The van der Waals surface area contributed by atoms with Crippen LogP contribution in [0.2, 0.25) is 0 Å². The zero-order chi connectivity index (χ0) is 15.1. The molecular formula is C15H10Br2ClFN2. The number of rotatable bonds is 2. The van der Waals surface area contributed by atoms with Crippen molar-refractivity contribution in [1.82, 2.24) is 9.55 Å². The van der Waals surface area contributed by atoms with Crippen LogP contribution in [0.15, 0.2) is 39.3 Å². The Morgan fingerprint density at radius 2 is 2.05 bits per heavy atom. The Morgan fingerprint density at radius 3 is 2.76 bits per heavy atom. The fraction of sp³-hybridized carbons (Fsp3) is 0.133. The first-order valence-corrected chi connectivity index (χ1v) is 8.33. The van der Waals surface area contributed by atoms with E-state index in [1.807, 2.05) is 29.7 Å². The van der Waals surface area contributed by atoms with Gasteiger partial charge in [-0.05, 0) is 56.5 Å². The van der Waals surface area contributed by atoms with Crippen LogP contribution in [0.1, 0.15) is 11.4 Å². The summed E-state index contributed by atoms with van der Waals surface area (Å²) in [4.78, 5) is 4.43. The highest BCUT2D eigenvalue weighted by molar-refractivity contribution is 9.10. The lowest BCUT2D eigenvalue weighted by Gasteiger charge is -2.12. The van der Waals surface area contributed by atoms with Crippen LogP contribution in [0.25, 0.3) is 16.7 Å². The van der Waals surface area contributed by atoms with E-state index in [0.29, 0.717) is 15.8 Å². The van der Waals surface area contributed by atoms with Crippen LogP contribution in [0, 0.1) is 12.7 Å². The average Bonchev–Trinajstić information content (AvgIpc) is 2.80. The summed E-state index contributed by atoms with van der Waals surface area (Å²) in [5.74, 6) is 0.584. The molecule has 0 fully saturated rings. The van der Waals surface area contributed by atoms with Gasteiger partial charge in [-0.3, -0.25) is 4.57 Å². The highest BCUT2D eigenvalue weighted by atomic mass is 79.9. The van der Waals surface area contributed by atoms with E-state index in [1.165, 1.54) is 6.07 Å². The molecule has 0 amide bonds. The molecule has 0 saturated carbocycles. The van der Waals surface area contributed by atoms with Crippen molar-refractivity contribution < 1.29 is 4.39 Å². The molecule has 1 aromatic heterocycles. The van der Waals surface area contributed by atoms with Crippen LogP contribution in [0.5, 0.6) is 0 Å². The first-order valence-electron chi connectivity index (χ1n) is 6.20. The van der Waals surface area contributed by atoms with Crippen LogP contribution in [-0.4, -0.2) is 9.55 Å². The van der Waals surface area contributed by atoms with Gasteiger partial charge >= 0.3 is 0 Å². The largest absolute Gasteiger partial charge is 0.294 e. The summed E-state index contributed by atoms with van der Waals surface area (Å²) in [5.41, 5.74) is 3.44. The van der Waals surface area contributed by atoms with Gasteiger partial charge in [0.05, 0.1) is 27.1 Å². The number of fused-ring (bicyclic) bond motifs is 1. The third-order valence-corrected chi connectivity index (χ3v) is 5.18. The molecule has 3 aromatic rings. The molecule has 2 nitrogen and oxygen atoms in total. The second-order valence-corrected chi connectivity index (χ2v) is 6.57. The summed E-state index contributed by atoms with van der Waals surface area (Å²) < 4.78 is 17.0. The van der Waals surface area contributed by atoms with E-state index in [0.717, 1.165) is 21.2 Å². The fourth-order valence-corrected chi connectivity index (χ4v) is 3.24. The smallest absolute Gasteiger partial charge is 0.139 e. The molecule has 0 unspecified atom stereocenters. The van der Waals surface area contributed by atoms with Crippen molar-refractivity contribution in [1.29, 1.82) is 0 Å². The van der Waals surface area contributed by atoms with E-state index in [4.69, 9.17) is 11.6 Å². The molecule has 1 heterocycles. The molecule has 108 valence electrons. The first kappa shape index (κ1) is 15.0. The van der Waals surface area contributed by atoms with Gasteiger partial charge in [0.1, 0.15) is 11.6 Å². The molecule has 0 atom stereocenters. The number of aromatic nitrogens is 2. The van der Waals surface area contributed by atoms with Crippen molar-refractivity contribution in [3.05, 3.63) is 56.5 Å². The van der Waals surface area contributed by atoms with Gasteiger partial charge in [0.2, 0.25) is 0 Å². The summed E-state index contributed by atoms with van der Waals surface area (Å²) in [5, 5.41) is 0. The molecule has 21 heavy (non-hydrogen) atoms. The second-order valence-electron chi connectivity index (χ2n) is 4.66. The minimum absolute atomic E-state index is 0.244. The lowest BCUT2D eigenvalue weighted by Crippen LogP contribution is -2.01. The summed E-state index contributed by atoms with van der Waals surface area (Å²) in [6, 6.07) is 9.10. The van der Waals surface area contributed by atoms with Gasteiger partial charge in [-0.1, -0.05) is 12.1 Å². The van der Waals surface area contributed by atoms with Gasteiger partial charge in [0, 0.05) is 10.5 Å². The molecule has 0 bridgehead atoms. The molecule has 6 heteroatoms. The van der Waals surface area contributed by atoms with Crippen molar-refractivity contribution in [2.24, 2.45) is 0 Å². The zero-order valence-corrected chi connectivity index (χ0v) is 14.9. The predicted molar refractivity (Wildman–Crippen MR) is 90.7 cm³/mol. The third kappa shape index (κ3) is 2.51. The number of imidazole rings is 1. The maximum atomic E-state index is 13.7. The summed E-state index contributed by atoms with van der Waals surface area (Å²) in [6.07, 6.45) is 0. The van der Waals surface area contributed by atoms with E-state index in [2.05, 4.69) is 36.8 Å². The Balaban J connectivity index is 2.40. The van der Waals surface area contributed by atoms with E-state index >= 15 is 0 Å². The topological polar surface area (TPSA) is 17.8 Å². The molecule has 2 aromatic carbocycles. The van der Waals surface area contributed by atoms with Crippen LogP contribution < -0.4 is 0 Å². The van der Waals surface area contributed by atoms with Gasteiger partial charge in [-0.2, -0.15) is 0 Å². The van der Waals surface area contributed by atoms with Crippen molar-refractivity contribution in [2.45, 2.75) is 12.8 Å². The molecule has 3 rings (SSSR count). The zero-order valence-electron chi connectivity index (χ0n) is 11.0. The number of alkyl halides is 1. The van der Waals surface area contributed by atoms with E-state index in [1.54, 1.807) is 6.07 Å². The van der Waals surface area contributed by atoms with Gasteiger partial charge in [0.25, 0.3) is 0 Å². The van der Waals surface area contributed by atoms with Crippen LogP contribution in [0.3, 0.4) is 0 Å². The molecule has 0 aliphatic heterocycles. The lowest BCUT2D eigenvalue weighted by molar-refractivity contribution is 0.623. The minimum Gasteiger partial charge on any atom is -0.294 e. The van der Waals surface area contributed by atoms with Crippen molar-refractivity contribution in [3.8, 4) is 5.69 Å². The maximum Gasteiger partial charge on any atom is 0.139 e. The SMILES string of the molecule is Cc1cccc(-n2c(CCl)nc3cc(F)c(Br)cc32)c1Br. The number of aryl methyl sites for hydroxylation is 1. The Labute approximate surface area is 143 Å². The molecule has 0 saturated heterocycles. The number of hydrogen-bond acceptors (Lipinski definition) is 1. The predicted octanol–water partition coefficient (Wildman–Crippen LogP) is 5.74. The number of hydrogen-bond donors (Lipinski definition) is 0. The van der Waals surface area contributed by atoms with Crippen molar-refractivity contribution in [3.63, 3.8) is 0 Å². The van der Waals surface area contributed by atoms with Crippen LogP contribution in [-0.2, 0) is 5.88 Å². The molecule has 0 aliphatic carbocycles. The van der Waals surface area contributed by atoms with Crippen LogP contribution in [0.4, 0.5) is 4.39 Å². The van der Waals surface area contributed by atoms with E-state index in [9.17, 15) is 4.39 Å². The number of halogens is 4. The highest BCUT2D eigenvalue weighted by Crippen LogP contribution is 2.32. The Hall–Kier alpha value is -0.910.